The average molecular weight is 437 g/mol. The van der Waals surface area contributed by atoms with Crippen molar-refractivity contribution in [3.8, 4) is 22.0 Å². The Morgan fingerprint density at radius 2 is 1.80 bits per heavy atom. The molecule has 4 rings (SSSR count). The molecular formula is C22H17ClN4O2S. The van der Waals surface area contributed by atoms with Crippen molar-refractivity contribution in [2.24, 2.45) is 0 Å². The first-order valence-corrected chi connectivity index (χ1v) is 10.3. The number of carbonyl (C=O) groups is 1. The van der Waals surface area contributed by atoms with E-state index in [4.69, 9.17) is 11.6 Å². The molecule has 0 fully saturated rings. The van der Waals surface area contributed by atoms with E-state index in [1.807, 2.05) is 24.3 Å². The number of carbonyl (C=O) groups excluding carboxylic acids is 1. The third-order valence-corrected chi connectivity index (χ3v) is 5.78. The minimum atomic E-state index is -0.249. The minimum Gasteiger partial charge on any atom is -0.321 e. The highest BCUT2D eigenvalue weighted by atomic mass is 35.5. The molecular weight excluding hydrogens is 420 g/mol. The van der Waals surface area contributed by atoms with Gasteiger partial charge in [-0.1, -0.05) is 35.9 Å². The molecule has 0 aliphatic heterocycles. The average Bonchev–Trinajstić information content (AvgIpc) is 3.09. The summed E-state index contributed by atoms with van der Waals surface area (Å²) in [6.07, 6.45) is 0. The van der Waals surface area contributed by atoms with Gasteiger partial charge in [-0.15, -0.1) is 11.3 Å². The molecule has 0 aliphatic carbocycles. The molecule has 0 atom stereocenters. The number of benzene rings is 2. The number of aromatic nitrogens is 3. The van der Waals surface area contributed by atoms with Crippen LogP contribution in [0.4, 0.5) is 5.69 Å². The fourth-order valence-electron chi connectivity index (χ4n) is 3.00. The molecule has 1 amide bonds. The van der Waals surface area contributed by atoms with E-state index in [9.17, 15) is 9.59 Å². The Morgan fingerprint density at radius 1 is 1.03 bits per heavy atom. The van der Waals surface area contributed by atoms with Crippen LogP contribution >= 0.6 is 22.9 Å². The Kier molecular flexibility index (Phi) is 5.48. The Labute approximate surface area is 181 Å². The summed E-state index contributed by atoms with van der Waals surface area (Å²) in [5.41, 5.74) is 3.21. The van der Waals surface area contributed by atoms with Crippen molar-refractivity contribution in [1.82, 2.24) is 15.0 Å². The normalized spacial score (nSPS) is 10.8. The fourth-order valence-corrected chi connectivity index (χ4v) is 4.15. The Hall–Kier alpha value is -3.29. The molecule has 0 bridgehead atoms. The summed E-state index contributed by atoms with van der Waals surface area (Å²) in [6, 6.07) is 16.0. The van der Waals surface area contributed by atoms with Crippen LogP contribution in [0.5, 0.6) is 0 Å². The van der Waals surface area contributed by atoms with Crippen molar-refractivity contribution in [3.63, 3.8) is 0 Å². The molecule has 0 saturated heterocycles. The maximum atomic E-state index is 12.9. The topological polar surface area (TPSA) is 87.7 Å². The first-order valence-electron chi connectivity index (χ1n) is 9.12. The van der Waals surface area contributed by atoms with Crippen LogP contribution in [0.2, 0.25) is 5.02 Å². The summed E-state index contributed by atoms with van der Waals surface area (Å²) in [5, 5.41) is 4.25. The monoisotopic (exact) mass is 436 g/mol. The van der Waals surface area contributed by atoms with Crippen molar-refractivity contribution in [3.05, 3.63) is 86.2 Å². The quantitative estimate of drug-likeness (QED) is 0.466. The number of aryl methyl sites for hydroxylation is 2. The standard InChI is InChI=1S/C22H17ClN4O2S/c1-12-9-18(28)27-20(24-12)14-5-4-8-17(11-14)26-21(29)19-13(2)25-22(30-19)15-6-3-7-16(23)10-15/h3-11H,1-2H3,(H,26,29)(H,24,27,28). The zero-order valence-electron chi connectivity index (χ0n) is 16.2. The second kappa shape index (κ2) is 8.22. The van der Waals surface area contributed by atoms with Crippen LogP contribution in [0.15, 0.2) is 59.4 Å². The van der Waals surface area contributed by atoms with Gasteiger partial charge >= 0.3 is 0 Å². The Morgan fingerprint density at radius 3 is 2.57 bits per heavy atom. The highest BCUT2D eigenvalue weighted by Gasteiger charge is 2.17. The SMILES string of the molecule is Cc1cc(=O)[nH]c(-c2cccc(NC(=O)c3sc(-c4cccc(Cl)c4)nc3C)c2)n1. The van der Waals surface area contributed by atoms with Crippen molar-refractivity contribution in [2.75, 3.05) is 5.32 Å². The van der Waals surface area contributed by atoms with Crippen molar-refractivity contribution in [1.29, 1.82) is 0 Å². The highest BCUT2D eigenvalue weighted by Crippen LogP contribution is 2.30. The number of thiazole rings is 1. The van der Waals surface area contributed by atoms with Crippen molar-refractivity contribution < 1.29 is 4.79 Å². The number of halogens is 1. The van der Waals surface area contributed by atoms with E-state index < -0.39 is 0 Å². The predicted molar refractivity (Wildman–Crippen MR) is 120 cm³/mol. The van der Waals surface area contributed by atoms with Gasteiger partial charge in [0, 0.05) is 33.6 Å². The van der Waals surface area contributed by atoms with Crippen LogP contribution in [0.1, 0.15) is 21.1 Å². The van der Waals surface area contributed by atoms with E-state index in [2.05, 4.69) is 20.3 Å². The second-order valence-corrected chi connectivity index (χ2v) is 8.15. The number of nitrogens with one attached hydrogen (secondary N) is 2. The molecule has 2 aromatic carbocycles. The summed E-state index contributed by atoms with van der Waals surface area (Å²) in [6.45, 7) is 3.56. The molecule has 4 aromatic rings. The largest absolute Gasteiger partial charge is 0.321 e. The smallest absolute Gasteiger partial charge is 0.267 e. The zero-order chi connectivity index (χ0) is 21.3. The second-order valence-electron chi connectivity index (χ2n) is 6.71. The number of rotatable bonds is 4. The number of aromatic amines is 1. The van der Waals surface area contributed by atoms with Crippen molar-refractivity contribution >= 4 is 34.5 Å². The van der Waals surface area contributed by atoms with Crippen LogP contribution in [0.3, 0.4) is 0 Å². The van der Waals surface area contributed by atoms with E-state index in [-0.39, 0.29) is 11.5 Å². The summed E-state index contributed by atoms with van der Waals surface area (Å²) < 4.78 is 0. The molecule has 6 nitrogen and oxygen atoms in total. The number of H-pyrrole nitrogens is 1. The predicted octanol–water partition coefficient (Wildman–Crippen LogP) is 5.08. The number of nitrogens with zero attached hydrogens (tertiary/aromatic N) is 2. The molecule has 8 heteroatoms. The number of hydrogen-bond acceptors (Lipinski definition) is 5. The minimum absolute atomic E-state index is 0.222. The lowest BCUT2D eigenvalue weighted by molar-refractivity contribution is 0.103. The summed E-state index contributed by atoms with van der Waals surface area (Å²) in [5.74, 6) is 0.203. The lowest BCUT2D eigenvalue weighted by atomic mass is 10.2. The third kappa shape index (κ3) is 4.32. The molecule has 2 N–H and O–H groups in total. The maximum Gasteiger partial charge on any atom is 0.267 e. The molecule has 0 unspecified atom stereocenters. The molecule has 2 aromatic heterocycles. The van der Waals surface area contributed by atoms with Gasteiger partial charge in [-0.25, -0.2) is 9.97 Å². The molecule has 0 radical (unpaired) electrons. The summed E-state index contributed by atoms with van der Waals surface area (Å²) in [4.78, 5) is 36.7. The third-order valence-electron chi connectivity index (χ3n) is 4.34. The number of anilines is 1. The maximum absolute atomic E-state index is 12.9. The van der Waals surface area contributed by atoms with E-state index in [1.165, 1.54) is 17.4 Å². The van der Waals surface area contributed by atoms with E-state index in [0.717, 1.165) is 10.6 Å². The molecule has 150 valence electrons. The zero-order valence-corrected chi connectivity index (χ0v) is 17.8. The molecule has 30 heavy (non-hydrogen) atoms. The fraction of sp³-hybridized carbons (Fsp3) is 0.0909. The van der Waals surface area contributed by atoms with Gasteiger partial charge in [-0.05, 0) is 38.1 Å². The van der Waals surface area contributed by atoms with E-state index in [0.29, 0.717) is 38.4 Å². The first-order chi connectivity index (χ1) is 14.4. The van der Waals surface area contributed by atoms with Crippen LogP contribution in [-0.2, 0) is 0 Å². The van der Waals surface area contributed by atoms with Gasteiger partial charge in [0.15, 0.2) is 0 Å². The molecule has 0 spiro atoms. The molecule has 0 saturated carbocycles. The van der Waals surface area contributed by atoms with E-state index in [1.54, 1.807) is 38.1 Å². The van der Waals surface area contributed by atoms with Gasteiger partial charge < -0.3 is 10.3 Å². The van der Waals surface area contributed by atoms with Crippen LogP contribution in [-0.4, -0.2) is 20.9 Å². The van der Waals surface area contributed by atoms with Gasteiger partial charge in [0.2, 0.25) is 0 Å². The van der Waals surface area contributed by atoms with Gasteiger partial charge in [-0.3, -0.25) is 9.59 Å². The molecule has 2 heterocycles. The summed E-state index contributed by atoms with van der Waals surface area (Å²) in [7, 11) is 0. The van der Waals surface area contributed by atoms with E-state index >= 15 is 0 Å². The number of hydrogen-bond donors (Lipinski definition) is 2. The first kappa shape index (κ1) is 20.0. The lowest BCUT2D eigenvalue weighted by Crippen LogP contribution is -2.12. The van der Waals surface area contributed by atoms with Crippen molar-refractivity contribution in [2.45, 2.75) is 13.8 Å². The van der Waals surface area contributed by atoms with Gasteiger partial charge in [0.25, 0.3) is 11.5 Å². The van der Waals surface area contributed by atoms with Crippen LogP contribution < -0.4 is 10.9 Å². The Bertz CT molecular complexity index is 1310. The van der Waals surface area contributed by atoms with Gasteiger partial charge in [-0.2, -0.15) is 0 Å². The molecule has 0 aliphatic rings. The lowest BCUT2D eigenvalue weighted by Gasteiger charge is -2.07. The highest BCUT2D eigenvalue weighted by molar-refractivity contribution is 7.17. The van der Waals surface area contributed by atoms with Crippen LogP contribution in [0, 0.1) is 13.8 Å². The van der Waals surface area contributed by atoms with Gasteiger partial charge in [0.05, 0.1) is 5.69 Å². The Balaban J connectivity index is 1.60. The summed E-state index contributed by atoms with van der Waals surface area (Å²) >= 11 is 7.38. The number of amides is 1. The van der Waals surface area contributed by atoms with Gasteiger partial charge in [0.1, 0.15) is 15.7 Å². The van der Waals surface area contributed by atoms with Crippen LogP contribution in [0.25, 0.3) is 22.0 Å².